The number of nitrogens with zero attached hydrogens (tertiary/aromatic N) is 1. The maximum absolute atomic E-state index is 13.1. The zero-order valence-electron chi connectivity index (χ0n) is 13.7. The molecular weight excluding hydrogens is 342 g/mol. The van der Waals surface area contributed by atoms with E-state index in [9.17, 15) is 13.2 Å². The Morgan fingerprint density at radius 1 is 1.14 bits per heavy atom. The minimum Gasteiger partial charge on any atom is -0.398 e. The molecule has 0 N–H and O–H groups in total. The van der Waals surface area contributed by atoms with E-state index in [1.165, 1.54) is 19.0 Å². The molecule has 0 bridgehead atoms. The van der Waals surface area contributed by atoms with Crippen molar-refractivity contribution in [3.05, 3.63) is 0 Å². The van der Waals surface area contributed by atoms with Crippen LogP contribution in [0.25, 0.3) is 0 Å². The highest BCUT2D eigenvalue weighted by molar-refractivity contribution is 6.74. The second-order valence-corrected chi connectivity index (χ2v) is 12.7. The summed E-state index contributed by atoms with van der Waals surface area (Å²) in [7, 11) is 0.482. The van der Waals surface area contributed by atoms with Crippen LogP contribution in [0.1, 0.15) is 33.6 Å². The van der Waals surface area contributed by atoms with Crippen LogP contribution in [0.15, 0.2) is 0 Å². The number of hydrogen-bond acceptors (Lipinski definition) is 2. The van der Waals surface area contributed by atoms with Crippen LogP contribution < -0.4 is 0 Å². The van der Waals surface area contributed by atoms with Crippen molar-refractivity contribution in [3.8, 4) is 0 Å². The molecule has 128 valence electrons. The van der Waals surface area contributed by atoms with Crippen LogP contribution in [0.2, 0.25) is 18.1 Å². The first-order valence-corrected chi connectivity index (χ1v) is 10.6. The lowest BCUT2D eigenvalue weighted by Gasteiger charge is -2.46. The average Bonchev–Trinajstić information content (AvgIpc) is 2.23. The van der Waals surface area contributed by atoms with E-state index in [1.807, 2.05) is 33.9 Å². The number of rotatable bonds is 7. The summed E-state index contributed by atoms with van der Waals surface area (Å²) in [6.45, 7) is 9.89. The Balaban J connectivity index is 5.47. The third kappa shape index (κ3) is 4.99. The van der Waals surface area contributed by atoms with Crippen LogP contribution in [0.3, 0.4) is 0 Å². The van der Waals surface area contributed by atoms with Crippen molar-refractivity contribution in [2.75, 3.05) is 14.1 Å². The highest BCUT2D eigenvalue weighted by Crippen LogP contribution is 2.48. The summed E-state index contributed by atoms with van der Waals surface area (Å²) in [5.41, 5.74) is 0. The molecule has 0 aliphatic rings. The van der Waals surface area contributed by atoms with E-state index < -0.39 is 25.1 Å². The third-order valence-electron chi connectivity index (χ3n) is 4.07. The van der Waals surface area contributed by atoms with E-state index >= 15 is 0 Å². The Hall–Kier alpha value is 0.507. The van der Waals surface area contributed by atoms with Crippen molar-refractivity contribution in [1.82, 2.24) is 4.90 Å². The highest BCUT2D eigenvalue weighted by Gasteiger charge is 2.61. The van der Waals surface area contributed by atoms with Gasteiger partial charge in [-0.25, -0.2) is 0 Å². The molecule has 0 amide bonds. The first kappa shape index (κ1) is 21.5. The monoisotopic (exact) mass is 367 g/mol. The molecule has 0 spiro atoms. The minimum atomic E-state index is -4.77. The quantitative estimate of drug-likeness (QED) is 0.338. The summed E-state index contributed by atoms with van der Waals surface area (Å²) in [4.78, 5) is 1.28. The van der Waals surface area contributed by atoms with Gasteiger partial charge >= 0.3 is 6.18 Å². The molecule has 0 aromatic rings. The van der Waals surface area contributed by atoms with Crippen molar-refractivity contribution in [3.63, 3.8) is 0 Å². The van der Waals surface area contributed by atoms with E-state index in [-0.39, 0.29) is 5.04 Å². The zero-order valence-corrected chi connectivity index (χ0v) is 16.2. The molecule has 0 fully saturated rings. The second kappa shape index (κ2) is 6.95. The summed E-state index contributed by atoms with van der Waals surface area (Å²) in [6, 6.07) is 0. The van der Waals surface area contributed by atoms with Gasteiger partial charge in [-0.15, -0.1) is 0 Å². The van der Waals surface area contributed by atoms with Gasteiger partial charge in [0.15, 0.2) is 8.32 Å². The first-order chi connectivity index (χ1) is 9.10. The molecule has 0 saturated heterocycles. The molecule has 0 aliphatic carbocycles. The Bertz CT molecular complexity index is 347. The predicted molar refractivity (Wildman–Crippen MR) is 85.5 cm³/mol. The molecule has 0 aliphatic heterocycles. The van der Waals surface area contributed by atoms with Gasteiger partial charge in [-0.05, 0) is 38.6 Å². The van der Waals surface area contributed by atoms with Gasteiger partial charge in [-0.1, -0.05) is 50.4 Å². The highest BCUT2D eigenvalue weighted by atomic mass is 35.5. The van der Waals surface area contributed by atoms with E-state index in [1.54, 1.807) is 0 Å². The predicted octanol–water partition coefficient (Wildman–Crippen LogP) is 5.41. The lowest BCUT2D eigenvalue weighted by Crippen LogP contribution is -2.58. The van der Waals surface area contributed by atoms with E-state index in [4.69, 9.17) is 27.6 Å². The first-order valence-electron chi connectivity index (χ1n) is 6.89. The minimum absolute atomic E-state index is 0.189. The van der Waals surface area contributed by atoms with Crippen LogP contribution in [0.5, 0.6) is 0 Å². The SMILES string of the molecule is CCCC(C)(C)[Si](C)(C)OC(N(C)C)C(Cl)(Cl)C(F)(F)F. The Morgan fingerprint density at radius 2 is 1.57 bits per heavy atom. The van der Waals surface area contributed by atoms with Gasteiger partial charge in [-0.3, -0.25) is 4.90 Å². The topological polar surface area (TPSA) is 12.5 Å². The van der Waals surface area contributed by atoms with Crippen LogP contribution in [-0.2, 0) is 4.43 Å². The number of hydrogen-bond donors (Lipinski definition) is 0. The van der Waals surface area contributed by atoms with Crippen LogP contribution >= 0.6 is 23.2 Å². The molecule has 0 aromatic carbocycles. The summed E-state index contributed by atoms with van der Waals surface area (Å²) in [5, 5.41) is -0.189. The van der Waals surface area contributed by atoms with Crippen molar-refractivity contribution >= 4 is 31.5 Å². The number of halogens is 5. The molecule has 0 rings (SSSR count). The van der Waals surface area contributed by atoms with Gasteiger partial charge in [-0.2, -0.15) is 13.2 Å². The standard InChI is InChI=1S/C13H26Cl2F3NOSi/c1-8-9-11(2,3)21(6,7)20-10(19(4)5)12(14,15)13(16,17)18/h10H,8-9H2,1-7H3. The van der Waals surface area contributed by atoms with E-state index in [0.717, 1.165) is 12.8 Å². The molecule has 21 heavy (non-hydrogen) atoms. The maximum Gasteiger partial charge on any atom is 0.425 e. The molecule has 8 heteroatoms. The molecule has 2 nitrogen and oxygen atoms in total. The normalized spacial score (nSPS) is 16.4. The molecule has 0 radical (unpaired) electrons. The molecular formula is C13H26Cl2F3NOSi. The van der Waals surface area contributed by atoms with Crippen molar-refractivity contribution in [2.45, 2.75) is 68.5 Å². The second-order valence-electron chi connectivity index (χ2n) is 6.70. The fraction of sp³-hybridized carbons (Fsp3) is 1.00. The van der Waals surface area contributed by atoms with Crippen molar-refractivity contribution in [1.29, 1.82) is 0 Å². The largest absolute Gasteiger partial charge is 0.425 e. The van der Waals surface area contributed by atoms with Crippen molar-refractivity contribution in [2.24, 2.45) is 0 Å². The van der Waals surface area contributed by atoms with Crippen LogP contribution in [0, 0.1) is 0 Å². The average molecular weight is 368 g/mol. The van der Waals surface area contributed by atoms with E-state index in [0.29, 0.717) is 0 Å². The van der Waals surface area contributed by atoms with Gasteiger partial charge < -0.3 is 4.43 Å². The fourth-order valence-corrected chi connectivity index (χ4v) is 4.75. The van der Waals surface area contributed by atoms with Gasteiger partial charge in [0.25, 0.3) is 4.33 Å². The molecule has 1 unspecified atom stereocenters. The summed E-state index contributed by atoms with van der Waals surface area (Å²) in [6.07, 6.45) is -4.41. The number of alkyl halides is 5. The summed E-state index contributed by atoms with van der Waals surface area (Å²) < 4.78 is 42.2. The maximum atomic E-state index is 13.1. The lowest BCUT2D eigenvalue weighted by atomic mass is 10.1. The Kier molecular flexibility index (Phi) is 7.12. The lowest BCUT2D eigenvalue weighted by molar-refractivity contribution is -0.175. The Labute approximate surface area is 137 Å². The molecule has 1 atom stereocenters. The fourth-order valence-electron chi connectivity index (χ4n) is 2.01. The molecule has 0 saturated carbocycles. The van der Waals surface area contributed by atoms with Gasteiger partial charge in [0, 0.05) is 0 Å². The molecule has 0 aromatic heterocycles. The third-order valence-corrected chi connectivity index (χ3v) is 9.19. The van der Waals surface area contributed by atoms with Crippen molar-refractivity contribution < 1.29 is 17.6 Å². The Morgan fingerprint density at radius 3 is 1.86 bits per heavy atom. The van der Waals surface area contributed by atoms with Gasteiger partial charge in [0.2, 0.25) is 0 Å². The van der Waals surface area contributed by atoms with Crippen LogP contribution in [0.4, 0.5) is 13.2 Å². The van der Waals surface area contributed by atoms with Gasteiger partial charge in [0.1, 0.15) is 6.23 Å². The summed E-state index contributed by atoms with van der Waals surface area (Å²) >= 11 is 11.2. The smallest absolute Gasteiger partial charge is 0.398 e. The summed E-state index contributed by atoms with van der Waals surface area (Å²) in [5.74, 6) is 0. The van der Waals surface area contributed by atoms with E-state index in [2.05, 4.69) is 0 Å². The van der Waals surface area contributed by atoms with Gasteiger partial charge in [0.05, 0.1) is 0 Å². The van der Waals surface area contributed by atoms with Crippen LogP contribution in [-0.4, -0.2) is 44.1 Å². The molecule has 0 heterocycles. The zero-order chi connectivity index (χ0) is 17.3.